The molecule has 2 heterocycles. The first-order valence-corrected chi connectivity index (χ1v) is 13.1. The van der Waals surface area contributed by atoms with E-state index in [4.69, 9.17) is 4.84 Å². The van der Waals surface area contributed by atoms with Crippen LogP contribution in [0.4, 0.5) is 5.69 Å². The average molecular weight is 489 g/mol. The van der Waals surface area contributed by atoms with Crippen LogP contribution in [-0.4, -0.2) is 23.8 Å². The number of anilines is 1. The van der Waals surface area contributed by atoms with Gasteiger partial charge in [-0.2, -0.15) is 0 Å². The van der Waals surface area contributed by atoms with Gasteiger partial charge in [0.15, 0.2) is 0 Å². The van der Waals surface area contributed by atoms with Crippen LogP contribution in [0, 0.1) is 5.41 Å². The average Bonchev–Trinajstić information content (AvgIpc) is 3.31. The molecule has 2 saturated heterocycles. The first-order valence-electron chi connectivity index (χ1n) is 13.1. The lowest BCUT2D eigenvalue weighted by Crippen LogP contribution is -2.54. The van der Waals surface area contributed by atoms with Crippen LogP contribution in [0.25, 0.3) is 0 Å². The molecule has 0 unspecified atom stereocenters. The zero-order chi connectivity index (χ0) is 25.2. The van der Waals surface area contributed by atoms with Gasteiger partial charge >= 0.3 is 0 Å². The number of piperidine rings is 1. The molecule has 6 rings (SSSR count). The second-order valence-electron chi connectivity index (χ2n) is 10.1. The number of carbonyl (C=O) groups is 1. The fraction of sp³-hybridized carbons (Fsp3) is 0.242. The second kappa shape index (κ2) is 9.97. The quantitative estimate of drug-likeness (QED) is 0.305. The van der Waals surface area contributed by atoms with Crippen molar-refractivity contribution >= 4 is 11.5 Å². The molecule has 4 heteroatoms. The van der Waals surface area contributed by atoms with Gasteiger partial charge < -0.3 is 0 Å². The largest absolute Gasteiger partial charge is 0.299 e. The zero-order valence-corrected chi connectivity index (χ0v) is 21.1. The lowest BCUT2D eigenvalue weighted by molar-refractivity contribution is -0.140. The summed E-state index contributed by atoms with van der Waals surface area (Å²) in [5.41, 5.74) is 3.56. The second-order valence-corrected chi connectivity index (χ2v) is 10.1. The summed E-state index contributed by atoms with van der Waals surface area (Å²) in [7, 11) is 0. The van der Waals surface area contributed by atoms with E-state index in [1.807, 2.05) is 47.5 Å². The summed E-state index contributed by atoms with van der Waals surface area (Å²) in [5.74, 6) is 0.269. The van der Waals surface area contributed by atoms with Crippen molar-refractivity contribution in [2.24, 2.45) is 5.41 Å². The third kappa shape index (κ3) is 4.16. The van der Waals surface area contributed by atoms with Crippen molar-refractivity contribution in [2.75, 3.05) is 18.2 Å². The van der Waals surface area contributed by atoms with Gasteiger partial charge in [-0.3, -0.25) is 14.5 Å². The van der Waals surface area contributed by atoms with Gasteiger partial charge in [0.1, 0.15) is 17.3 Å². The molecule has 186 valence electrons. The standard InChI is InChI=1S/C33H32N2O2/c1-25(26-14-6-2-7-15-26)34-23-22-30(36)33(24-34)31(27-16-8-3-9-17-27)35(29-20-12-5-13-21-29)37-32(33)28-18-10-4-11-19-28/h2-21,25,31-32H,22-24H2,1H3/t25-,31-,32-,33-/m1/s1. The summed E-state index contributed by atoms with van der Waals surface area (Å²) in [6.07, 6.45) is 0.0907. The topological polar surface area (TPSA) is 32.8 Å². The number of Topliss-reactive ketones (excluding diaryl/α,β-unsaturated/α-hetero) is 1. The Morgan fingerprint density at radius 2 is 1.30 bits per heavy atom. The summed E-state index contributed by atoms with van der Waals surface area (Å²) in [5, 5.41) is 2.00. The molecular formula is C33H32N2O2. The van der Waals surface area contributed by atoms with E-state index in [0.29, 0.717) is 13.0 Å². The number of para-hydroxylation sites is 1. The summed E-state index contributed by atoms with van der Waals surface area (Å²) < 4.78 is 0. The van der Waals surface area contributed by atoms with Crippen molar-refractivity contribution in [3.8, 4) is 0 Å². The number of hydrogen-bond donors (Lipinski definition) is 0. The van der Waals surface area contributed by atoms with Crippen LogP contribution < -0.4 is 5.06 Å². The minimum atomic E-state index is -0.778. The molecule has 2 aliphatic heterocycles. The van der Waals surface area contributed by atoms with Crippen LogP contribution in [-0.2, 0) is 9.63 Å². The van der Waals surface area contributed by atoms with Gasteiger partial charge in [-0.1, -0.05) is 109 Å². The number of hydroxylamine groups is 1. The normalized spacial score (nSPS) is 24.9. The van der Waals surface area contributed by atoms with Crippen molar-refractivity contribution in [2.45, 2.75) is 31.5 Å². The Morgan fingerprint density at radius 3 is 1.92 bits per heavy atom. The fourth-order valence-corrected chi connectivity index (χ4v) is 6.18. The summed E-state index contributed by atoms with van der Waals surface area (Å²) in [4.78, 5) is 23.7. The number of hydrogen-bond acceptors (Lipinski definition) is 4. The molecule has 0 aliphatic carbocycles. The zero-order valence-electron chi connectivity index (χ0n) is 21.1. The van der Waals surface area contributed by atoms with Crippen LogP contribution in [0.3, 0.4) is 0 Å². The first-order chi connectivity index (χ1) is 18.2. The van der Waals surface area contributed by atoms with E-state index in [-0.39, 0.29) is 17.9 Å². The Kier molecular flexibility index (Phi) is 6.37. The van der Waals surface area contributed by atoms with E-state index in [0.717, 1.165) is 23.4 Å². The van der Waals surface area contributed by atoms with Crippen LogP contribution in [0.2, 0.25) is 0 Å². The van der Waals surface area contributed by atoms with Gasteiger partial charge in [0.2, 0.25) is 0 Å². The Bertz CT molecular complexity index is 1330. The molecule has 4 atom stereocenters. The van der Waals surface area contributed by atoms with E-state index >= 15 is 0 Å². The molecule has 0 N–H and O–H groups in total. The molecule has 0 saturated carbocycles. The Hall–Kier alpha value is -3.73. The van der Waals surface area contributed by atoms with Gasteiger partial charge in [-0.05, 0) is 35.7 Å². The molecule has 0 radical (unpaired) electrons. The highest BCUT2D eigenvalue weighted by molar-refractivity contribution is 5.89. The van der Waals surface area contributed by atoms with Gasteiger partial charge in [0, 0.05) is 25.6 Å². The highest BCUT2D eigenvalue weighted by atomic mass is 16.7. The van der Waals surface area contributed by atoms with E-state index in [9.17, 15) is 4.79 Å². The Labute approximate surface area is 219 Å². The van der Waals surface area contributed by atoms with Crippen LogP contribution in [0.1, 0.15) is 48.2 Å². The molecular weight excluding hydrogens is 456 g/mol. The minimum Gasteiger partial charge on any atom is -0.299 e. The van der Waals surface area contributed by atoms with Crippen molar-refractivity contribution < 1.29 is 9.63 Å². The maximum Gasteiger partial charge on any atom is 0.147 e. The number of carbonyl (C=O) groups excluding carboxylic acids is 1. The summed E-state index contributed by atoms with van der Waals surface area (Å²) in [6, 6.07) is 41.4. The van der Waals surface area contributed by atoms with Crippen molar-refractivity contribution in [1.82, 2.24) is 4.90 Å². The van der Waals surface area contributed by atoms with Gasteiger partial charge in [-0.15, -0.1) is 0 Å². The van der Waals surface area contributed by atoms with E-state index < -0.39 is 11.5 Å². The highest BCUT2D eigenvalue weighted by Crippen LogP contribution is 2.59. The van der Waals surface area contributed by atoms with Crippen LogP contribution in [0.15, 0.2) is 121 Å². The number of benzene rings is 4. The minimum absolute atomic E-state index is 0.185. The van der Waals surface area contributed by atoms with E-state index in [1.165, 1.54) is 5.56 Å². The SMILES string of the molecule is C[C@H](c1ccccc1)N1CCC(=O)[C@@]2(C1)[C@@H](c1ccccc1)ON(c1ccccc1)[C@@H]2c1ccccc1. The van der Waals surface area contributed by atoms with Crippen molar-refractivity contribution in [3.05, 3.63) is 138 Å². The monoisotopic (exact) mass is 488 g/mol. The Balaban J connectivity index is 1.52. The van der Waals surface area contributed by atoms with Gasteiger partial charge in [-0.25, -0.2) is 5.06 Å². The molecule has 1 spiro atoms. The van der Waals surface area contributed by atoms with Crippen LogP contribution >= 0.6 is 0 Å². The predicted octanol–water partition coefficient (Wildman–Crippen LogP) is 6.94. The van der Waals surface area contributed by atoms with Gasteiger partial charge in [0.05, 0.1) is 11.7 Å². The lowest BCUT2D eigenvalue weighted by Gasteiger charge is -2.46. The Morgan fingerprint density at radius 1 is 0.757 bits per heavy atom. The number of likely N-dealkylation sites (tertiary alicyclic amines) is 1. The van der Waals surface area contributed by atoms with E-state index in [2.05, 4.69) is 90.7 Å². The highest BCUT2D eigenvalue weighted by Gasteiger charge is 2.63. The predicted molar refractivity (Wildman–Crippen MR) is 147 cm³/mol. The van der Waals surface area contributed by atoms with Crippen LogP contribution in [0.5, 0.6) is 0 Å². The lowest BCUT2D eigenvalue weighted by atomic mass is 9.65. The number of nitrogens with zero attached hydrogens (tertiary/aromatic N) is 2. The smallest absolute Gasteiger partial charge is 0.147 e. The third-order valence-corrected chi connectivity index (χ3v) is 8.08. The maximum atomic E-state index is 14.3. The third-order valence-electron chi connectivity index (χ3n) is 8.08. The summed E-state index contributed by atoms with van der Waals surface area (Å²) >= 11 is 0. The molecule has 4 aromatic carbocycles. The molecule has 0 aromatic heterocycles. The molecule has 2 aliphatic rings. The van der Waals surface area contributed by atoms with Crippen molar-refractivity contribution in [1.29, 1.82) is 0 Å². The molecule has 37 heavy (non-hydrogen) atoms. The fourth-order valence-electron chi connectivity index (χ4n) is 6.18. The number of rotatable bonds is 5. The molecule has 4 nitrogen and oxygen atoms in total. The molecule has 4 aromatic rings. The first kappa shape index (κ1) is 23.7. The molecule has 0 amide bonds. The number of ketones is 1. The van der Waals surface area contributed by atoms with Gasteiger partial charge in [0.25, 0.3) is 0 Å². The summed E-state index contributed by atoms with van der Waals surface area (Å²) in [6.45, 7) is 3.61. The molecule has 2 fully saturated rings. The molecule has 0 bridgehead atoms. The van der Waals surface area contributed by atoms with Crippen molar-refractivity contribution in [3.63, 3.8) is 0 Å². The van der Waals surface area contributed by atoms with E-state index in [1.54, 1.807) is 0 Å². The maximum absolute atomic E-state index is 14.3.